The van der Waals surface area contributed by atoms with Crippen LogP contribution < -0.4 is 15.4 Å². The van der Waals surface area contributed by atoms with Crippen molar-refractivity contribution in [3.05, 3.63) is 48.5 Å². The van der Waals surface area contributed by atoms with Crippen molar-refractivity contribution in [1.29, 1.82) is 0 Å². The fourth-order valence-electron chi connectivity index (χ4n) is 3.63. The van der Waals surface area contributed by atoms with Gasteiger partial charge in [0.1, 0.15) is 5.75 Å². The number of nitrogens with zero attached hydrogens (tertiary/aromatic N) is 1. The molecule has 1 aliphatic rings. The summed E-state index contributed by atoms with van der Waals surface area (Å²) in [5.41, 5.74) is 1.39. The van der Waals surface area contributed by atoms with Gasteiger partial charge in [0.2, 0.25) is 5.91 Å². The molecule has 6 nitrogen and oxygen atoms in total. The molecule has 156 valence electrons. The Morgan fingerprint density at radius 1 is 1.07 bits per heavy atom. The summed E-state index contributed by atoms with van der Waals surface area (Å²) in [5, 5.41) is 6.44. The predicted molar refractivity (Wildman–Crippen MR) is 120 cm³/mol. The van der Waals surface area contributed by atoms with Gasteiger partial charge in [-0.3, -0.25) is 9.59 Å². The molecule has 0 spiro atoms. The minimum Gasteiger partial charge on any atom is -0.481 e. The van der Waals surface area contributed by atoms with E-state index in [0.29, 0.717) is 16.6 Å². The van der Waals surface area contributed by atoms with Crippen LogP contribution in [0.15, 0.2) is 48.5 Å². The van der Waals surface area contributed by atoms with E-state index in [0.717, 1.165) is 35.9 Å². The lowest BCUT2D eigenvalue weighted by atomic mass is 9.89. The van der Waals surface area contributed by atoms with Crippen molar-refractivity contribution >= 4 is 44.2 Å². The van der Waals surface area contributed by atoms with Crippen LogP contribution in [-0.2, 0) is 9.59 Å². The second kappa shape index (κ2) is 9.26. The Bertz CT molecular complexity index is 1030. The van der Waals surface area contributed by atoms with E-state index in [1.165, 1.54) is 17.8 Å². The number of amides is 2. The lowest BCUT2D eigenvalue weighted by molar-refractivity contribution is -0.122. The van der Waals surface area contributed by atoms with Crippen LogP contribution in [0.3, 0.4) is 0 Å². The summed E-state index contributed by atoms with van der Waals surface area (Å²) in [6.07, 6.45) is 4.73. The summed E-state index contributed by atoms with van der Waals surface area (Å²) in [7, 11) is 0. The molecule has 0 radical (unpaired) electrons. The number of benzene rings is 2. The molecule has 2 aromatic carbocycles. The number of nitrogens with one attached hydrogen (secondary N) is 2. The van der Waals surface area contributed by atoms with Gasteiger partial charge in [-0.2, -0.15) is 0 Å². The molecule has 1 aliphatic carbocycles. The smallest absolute Gasteiger partial charge is 0.265 e. The van der Waals surface area contributed by atoms with Gasteiger partial charge in [-0.15, -0.1) is 0 Å². The van der Waals surface area contributed by atoms with E-state index in [9.17, 15) is 9.59 Å². The molecule has 1 aromatic heterocycles. The molecule has 2 amide bonds. The zero-order chi connectivity index (χ0) is 20.9. The van der Waals surface area contributed by atoms with Gasteiger partial charge in [-0.25, -0.2) is 4.98 Å². The highest BCUT2D eigenvalue weighted by atomic mass is 32.1. The summed E-state index contributed by atoms with van der Waals surface area (Å²) >= 11 is 1.44. The number of para-hydroxylation sites is 1. The number of rotatable bonds is 6. The Hall–Kier alpha value is -2.93. The number of fused-ring (bicyclic) bond motifs is 1. The fraction of sp³-hybridized carbons (Fsp3) is 0.348. The monoisotopic (exact) mass is 423 g/mol. The maximum atomic E-state index is 12.5. The third kappa shape index (κ3) is 4.97. The van der Waals surface area contributed by atoms with Crippen molar-refractivity contribution in [2.45, 2.75) is 45.1 Å². The lowest BCUT2D eigenvalue weighted by Crippen LogP contribution is -2.30. The van der Waals surface area contributed by atoms with Crippen LogP contribution in [0.25, 0.3) is 10.2 Å². The molecule has 1 atom stereocenters. The molecule has 1 saturated carbocycles. The summed E-state index contributed by atoms with van der Waals surface area (Å²) in [6.45, 7) is 1.71. The van der Waals surface area contributed by atoms with Crippen molar-refractivity contribution in [2.75, 3.05) is 10.6 Å². The quantitative estimate of drug-likeness (QED) is 0.569. The molecule has 4 rings (SSSR count). The summed E-state index contributed by atoms with van der Waals surface area (Å²) in [4.78, 5) is 29.5. The molecule has 1 heterocycles. The largest absolute Gasteiger partial charge is 0.481 e. The van der Waals surface area contributed by atoms with Gasteiger partial charge in [-0.05, 0) is 50.1 Å². The number of ether oxygens (including phenoxy) is 1. The second-order valence-corrected chi connectivity index (χ2v) is 8.62. The second-order valence-electron chi connectivity index (χ2n) is 7.59. The number of carbonyl (C=O) groups is 2. The van der Waals surface area contributed by atoms with Crippen LogP contribution in [0.4, 0.5) is 10.8 Å². The molecule has 3 aromatic rings. The first-order valence-corrected chi connectivity index (χ1v) is 11.1. The molecule has 0 bridgehead atoms. The average molecular weight is 424 g/mol. The van der Waals surface area contributed by atoms with Crippen molar-refractivity contribution < 1.29 is 14.3 Å². The number of aromatic nitrogens is 1. The van der Waals surface area contributed by atoms with E-state index in [2.05, 4.69) is 15.6 Å². The first-order chi connectivity index (χ1) is 14.6. The molecule has 0 saturated heterocycles. The van der Waals surface area contributed by atoms with Crippen LogP contribution in [0.5, 0.6) is 5.75 Å². The first kappa shape index (κ1) is 20.3. The van der Waals surface area contributed by atoms with Gasteiger partial charge < -0.3 is 15.4 Å². The minimum atomic E-state index is -0.635. The van der Waals surface area contributed by atoms with Gasteiger partial charge in [-0.1, -0.05) is 48.8 Å². The highest BCUT2D eigenvalue weighted by Gasteiger charge is 2.22. The van der Waals surface area contributed by atoms with Crippen molar-refractivity contribution in [1.82, 2.24) is 4.98 Å². The zero-order valence-electron chi connectivity index (χ0n) is 16.9. The Morgan fingerprint density at radius 3 is 2.60 bits per heavy atom. The van der Waals surface area contributed by atoms with Crippen LogP contribution in [0.2, 0.25) is 0 Å². The maximum absolute atomic E-state index is 12.5. The van der Waals surface area contributed by atoms with Crippen molar-refractivity contribution in [3.63, 3.8) is 0 Å². The number of hydrogen-bond donors (Lipinski definition) is 2. The molecular formula is C23H25N3O3S. The topological polar surface area (TPSA) is 80.3 Å². The van der Waals surface area contributed by atoms with E-state index >= 15 is 0 Å². The average Bonchev–Trinajstić information content (AvgIpc) is 3.16. The molecule has 7 heteroatoms. The maximum Gasteiger partial charge on any atom is 0.265 e. The van der Waals surface area contributed by atoms with Gasteiger partial charge in [0.15, 0.2) is 11.2 Å². The molecule has 2 N–H and O–H groups in total. The SMILES string of the molecule is CC(Oc1ccccc1)C(=O)Nc1ccc2sc(NC(=O)C3CCCCC3)nc2c1. The molecule has 1 unspecified atom stereocenters. The third-order valence-electron chi connectivity index (χ3n) is 5.29. The molecular weight excluding hydrogens is 398 g/mol. The Kier molecular flexibility index (Phi) is 6.28. The Labute approximate surface area is 179 Å². The number of anilines is 2. The first-order valence-electron chi connectivity index (χ1n) is 10.3. The molecule has 0 aliphatic heterocycles. The van der Waals surface area contributed by atoms with E-state index in [-0.39, 0.29) is 17.7 Å². The van der Waals surface area contributed by atoms with Gasteiger partial charge >= 0.3 is 0 Å². The number of hydrogen-bond acceptors (Lipinski definition) is 5. The van der Waals surface area contributed by atoms with E-state index in [1.54, 1.807) is 6.92 Å². The van der Waals surface area contributed by atoms with Gasteiger partial charge in [0, 0.05) is 11.6 Å². The fourth-order valence-corrected chi connectivity index (χ4v) is 4.48. The number of carbonyl (C=O) groups excluding carboxylic acids is 2. The van der Waals surface area contributed by atoms with Crippen LogP contribution >= 0.6 is 11.3 Å². The van der Waals surface area contributed by atoms with Crippen LogP contribution in [0.1, 0.15) is 39.0 Å². The molecule has 1 fully saturated rings. The normalized spacial score (nSPS) is 15.5. The zero-order valence-corrected chi connectivity index (χ0v) is 17.7. The minimum absolute atomic E-state index is 0.0640. The standard InChI is InChI=1S/C23H25N3O3S/c1-15(29-18-10-6-3-7-11-18)21(27)24-17-12-13-20-19(14-17)25-23(30-20)26-22(28)16-8-4-2-5-9-16/h3,6-7,10-16H,2,4-5,8-9H2,1H3,(H,24,27)(H,25,26,28). The summed E-state index contributed by atoms with van der Waals surface area (Å²) in [6, 6.07) is 14.8. The summed E-state index contributed by atoms with van der Waals surface area (Å²) < 4.78 is 6.63. The number of thiazole rings is 1. The highest BCUT2D eigenvalue weighted by Crippen LogP contribution is 2.30. The summed E-state index contributed by atoms with van der Waals surface area (Å²) in [5.74, 6) is 0.564. The molecule has 30 heavy (non-hydrogen) atoms. The lowest BCUT2D eigenvalue weighted by Gasteiger charge is -2.19. The van der Waals surface area contributed by atoms with Crippen LogP contribution in [-0.4, -0.2) is 22.9 Å². The Balaban J connectivity index is 1.39. The van der Waals surface area contributed by atoms with Gasteiger partial charge in [0.25, 0.3) is 5.91 Å². The third-order valence-corrected chi connectivity index (χ3v) is 6.24. The van der Waals surface area contributed by atoms with E-state index in [4.69, 9.17) is 4.74 Å². The van der Waals surface area contributed by atoms with Crippen molar-refractivity contribution in [3.8, 4) is 5.75 Å². The van der Waals surface area contributed by atoms with Gasteiger partial charge in [0.05, 0.1) is 10.2 Å². The Morgan fingerprint density at radius 2 is 1.83 bits per heavy atom. The van der Waals surface area contributed by atoms with Crippen LogP contribution in [0, 0.1) is 5.92 Å². The van der Waals surface area contributed by atoms with E-state index in [1.807, 2.05) is 48.5 Å². The van der Waals surface area contributed by atoms with E-state index < -0.39 is 6.10 Å². The predicted octanol–water partition coefficient (Wildman–Crippen LogP) is 5.22. The van der Waals surface area contributed by atoms with Crippen molar-refractivity contribution in [2.24, 2.45) is 5.92 Å². The highest BCUT2D eigenvalue weighted by molar-refractivity contribution is 7.22.